The van der Waals surface area contributed by atoms with Gasteiger partial charge < -0.3 is 10.2 Å². The van der Waals surface area contributed by atoms with Crippen molar-refractivity contribution in [2.24, 2.45) is 0 Å². The van der Waals surface area contributed by atoms with Crippen molar-refractivity contribution in [3.63, 3.8) is 0 Å². The summed E-state index contributed by atoms with van der Waals surface area (Å²) >= 11 is 1.70. The molecule has 1 saturated heterocycles. The van der Waals surface area contributed by atoms with Crippen LogP contribution in [0.1, 0.15) is 45.8 Å². The molecule has 1 aliphatic carbocycles. The minimum atomic E-state index is 0.117. The lowest BCUT2D eigenvalue weighted by atomic mass is 10.0. The topological polar surface area (TPSA) is 32.3 Å². The van der Waals surface area contributed by atoms with E-state index in [1.165, 1.54) is 17.7 Å². The molecular formula is C15H22N2OS. The summed E-state index contributed by atoms with van der Waals surface area (Å²) in [5.74, 6) is 0.117. The fourth-order valence-electron chi connectivity index (χ4n) is 2.97. The van der Waals surface area contributed by atoms with E-state index in [0.29, 0.717) is 6.04 Å². The van der Waals surface area contributed by atoms with Gasteiger partial charge in [0.2, 0.25) is 0 Å². The van der Waals surface area contributed by atoms with Gasteiger partial charge in [0.05, 0.1) is 5.56 Å². The number of thiophene rings is 1. The second-order valence-corrected chi connectivity index (χ2v) is 7.30. The van der Waals surface area contributed by atoms with Crippen LogP contribution in [-0.4, -0.2) is 36.0 Å². The largest absolute Gasteiger partial charge is 0.349 e. The van der Waals surface area contributed by atoms with Gasteiger partial charge in [-0.3, -0.25) is 4.79 Å². The summed E-state index contributed by atoms with van der Waals surface area (Å²) in [6.07, 6.45) is 4.96. The van der Waals surface area contributed by atoms with Gasteiger partial charge in [-0.1, -0.05) is 0 Å². The molecule has 0 spiro atoms. The molecule has 0 atom stereocenters. The molecule has 0 radical (unpaired) electrons. The number of hydrogen-bond donors (Lipinski definition) is 1. The average molecular weight is 278 g/mol. The Morgan fingerprint density at radius 1 is 1.26 bits per heavy atom. The van der Waals surface area contributed by atoms with Crippen molar-refractivity contribution in [1.29, 1.82) is 0 Å². The molecule has 19 heavy (non-hydrogen) atoms. The zero-order valence-corrected chi connectivity index (χ0v) is 12.6. The Morgan fingerprint density at radius 2 is 1.95 bits per heavy atom. The molecule has 1 aromatic heterocycles. The molecule has 104 valence electrons. The van der Waals surface area contributed by atoms with E-state index in [1.54, 1.807) is 11.3 Å². The van der Waals surface area contributed by atoms with Crippen LogP contribution < -0.4 is 5.32 Å². The van der Waals surface area contributed by atoms with Crippen LogP contribution in [0.5, 0.6) is 0 Å². The van der Waals surface area contributed by atoms with E-state index in [2.05, 4.69) is 17.1 Å². The minimum absolute atomic E-state index is 0.117. The van der Waals surface area contributed by atoms with Gasteiger partial charge in [-0.2, -0.15) is 0 Å². The Labute approximate surface area is 119 Å². The summed E-state index contributed by atoms with van der Waals surface area (Å²) in [6, 6.07) is 3.23. The second kappa shape index (κ2) is 5.25. The Kier molecular flexibility index (Phi) is 3.63. The second-order valence-electron chi connectivity index (χ2n) is 5.84. The number of nitrogens with one attached hydrogen (secondary N) is 1. The summed E-state index contributed by atoms with van der Waals surface area (Å²) in [4.78, 5) is 17.2. The molecule has 0 unspecified atom stereocenters. The number of nitrogens with zero attached hydrogens (tertiary/aromatic N) is 1. The van der Waals surface area contributed by atoms with E-state index in [0.717, 1.165) is 42.4 Å². The summed E-state index contributed by atoms with van der Waals surface area (Å²) in [7, 11) is 0. The number of aryl methyl sites for hydroxylation is 2. The van der Waals surface area contributed by atoms with Crippen molar-refractivity contribution in [3.05, 3.63) is 21.4 Å². The first kappa shape index (κ1) is 13.1. The number of carbonyl (C=O) groups excluding carboxylic acids is 1. The molecule has 3 rings (SSSR count). The summed E-state index contributed by atoms with van der Waals surface area (Å²) in [5, 5.41) is 3.21. The summed E-state index contributed by atoms with van der Waals surface area (Å²) in [6.45, 7) is 6.39. The van der Waals surface area contributed by atoms with Gasteiger partial charge >= 0.3 is 0 Å². The zero-order valence-electron chi connectivity index (χ0n) is 11.7. The molecule has 2 fully saturated rings. The Balaban J connectivity index is 1.54. The molecular weight excluding hydrogens is 256 g/mol. The number of amides is 1. The molecule has 1 saturated carbocycles. The molecule has 0 aromatic carbocycles. The normalized spacial score (nSPS) is 21.6. The molecule has 1 N–H and O–H groups in total. The maximum absolute atomic E-state index is 12.3. The van der Waals surface area contributed by atoms with Gasteiger partial charge in [-0.15, -0.1) is 11.3 Å². The highest BCUT2D eigenvalue weighted by Crippen LogP contribution is 2.29. The first-order valence-corrected chi connectivity index (χ1v) is 8.07. The van der Waals surface area contributed by atoms with Crippen molar-refractivity contribution in [2.45, 2.75) is 51.6 Å². The molecule has 1 amide bonds. The lowest BCUT2D eigenvalue weighted by Crippen LogP contribution is -2.45. The Hall–Kier alpha value is -0.870. The third-order valence-electron chi connectivity index (χ3n) is 4.21. The fraction of sp³-hybridized carbons (Fsp3) is 0.667. The molecule has 1 aliphatic heterocycles. The maximum atomic E-state index is 12.3. The third kappa shape index (κ3) is 3.00. The van der Waals surface area contributed by atoms with Crippen LogP contribution in [0.4, 0.5) is 0 Å². The third-order valence-corrected chi connectivity index (χ3v) is 5.18. The monoisotopic (exact) mass is 278 g/mol. The maximum Gasteiger partial charge on any atom is 0.252 e. The average Bonchev–Trinajstić information content (AvgIpc) is 3.16. The Morgan fingerprint density at radius 3 is 2.47 bits per heavy atom. The minimum Gasteiger partial charge on any atom is -0.349 e. The number of hydrogen-bond acceptors (Lipinski definition) is 3. The standard InChI is InChI=1S/C15H22N2OS/c1-10-9-14(11(2)19-10)15(18)16-12-5-7-17(8-6-12)13-3-4-13/h9,12-13H,3-8H2,1-2H3,(H,16,18). The van der Waals surface area contributed by atoms with Crippen LogP contribution in [0, 0.1) is 13.8 Å². The van der Waals surface area contributed by atoms with E-state index in [-0.39, 0.29) is 5.91 Å². The van der Waals surface area contributed by atoms with Crippen LogP contribution in [0.2, 0.25) is 0 Å². The Bertz CT molecular complexity index is 470. The molecule has 4 heteroatoms. The fourth-order valence-corrected chi connectivity index (χ4v) is 3.89. The van der Waals surface area contributed by atoms with Gasteiger partial charge in [-0.05, 0) is 45.6 Å². The molecule has 2 aliphatic rings. The molecule has 1 aromatic rings. The number of likely N-dealkylation sites (tertiary alicyclic amines) is 1. The summed E-state index contributed by atoms with van der Waals surface area (Å²) < 4.78 is 0. The SMILES string of the molecule is Cc1cc(C(=O)NC2CCN(C3CC3)CC2)c(C)s1. The van der Waals surface area contributed by atoms with Crippen molar-refractivity contribution in [2.75, 3.05) is 13.1 Å². The van der Waals surface area contributed by atoms with Gasteiger partial charge in [0.25, 0.3) is 5.91 Å². The molecule has 0 bridgehead atoms. The number of rotatable bonds is 3. The summed E-state index contributed by atoms with van der Waals surface area (Å²) in [5.41, 5.74) is 0.868. The molecule has 2 heterocycles. The van der Waals surface area contributed by atoms with E-state index in [9.17, 15) is 4.79 Å². The lowest BCUT2D eigenvalue weighted by Gasteiger charge is -2.32. The van der Waals surface area contributed by atoms with E-state index in [1.807, 2.05) is 13.0 Å². The van der Waals surface area contributed by atoms with Crippen molar-refractivity contribution in [1.82, 2.24) is 10.2 Å². The van der Waals surface area contributed by atoms with E-state index in [4.69, 9.17) is 0 Å². The van der Waals surface area contributed by atoms with Crippen molar-refractivity contribution in [3.8, 4) is 0 Å². The molecule has 3 nitrogen and oxygen atoms in total. The zero-order chi connectivity index (χ0) is 13.4. The van der Waals surface area contributed by atoms with Crippen molar-refractivity contribution >= 4 is 17.2 Å². The number of carbonyl (C=O) groups is 1. The van der Waals surface area contributed by atoms with Crippen LogP contribution in [0.25, 0.3) is 0 Å². The van der Waals surface area contributed by atoms with Gasteiger partial charge in [0.1, 0.15) is 0 Å². The van der Waals surface area contributed by atoms with Gasteiger partial charge in [0.15, 0.2) is 0 Å². The van der Waals surface area contributed by atoms with Crippen LogP contribution in [0.15, 0.2) is 6.07 Å². The highest BCUT2D eigenvalue weighted by Gasteiger charge is 2.32. The quantitative estimate of drug-likeness (QED) is 0.922. The van der Waals surface area contributed by atoms with E-state index < -0.39 is 0 Å². The van der Waals surface area contributed by atoms with E-state index >= 15 is 0 Å². The predicted octanol–water partition coefficient (Wildman–Crippen LogP) is 2.72. The highest BCUT2D eigenvalue weighted by atomic mass is 32.1. The number of piperidine rings is 1. The predicted molar refractivity (Wildman–Crippen MR) is 78.9 cm³/mol. The van der Waals surface area contributed by atoms with Crippen LogP contribution in [0.3, 0.4) is 0 Å². The smallest absolute Gasteiger partial charge is 0.252 e. The highest BCUT2D eigenvalue weighted by molar-refractivity contribution is 7.12. The van der Waals surface area contributed by atoms with Crippen molar-refractivity contribution < 1.29 is 4.79 Å². The first-order valence-electron chi connectivity index (χ1n) is 7.25. The van der Waals surface area contributed by atoms with Gasteiger partial charge in [-0.25, -0.2) is 0 Å². The van der Waals surface area contributed by atoms with Gasteiger partial charge in [0, 0.05) is 34.9 Å². The lowest BCUT2D eigenvalue weighted by molar-refractivity contribution is 0.0909. The van der Waals surface area contributed by atoms with Crippen LogP contribution in [-0.2, 0) is 0 Å². The first-order chi connectivity index (χ1) is 9.13. The van der Waals surface area contributed by atoms with Crippen LogP contribution >= 0.6 is 11.3 Å².